The molecule has 0 fully saturated rings. The molecule has 5 heteroatoms. The van der Waals surface area contributed by atoms with Gasteiger partial charge < -0.3 is 9.67 Å². The number of nitrogens with zero attached hydrogens (tertiary/aromatic N) is 2. The van der Waals surface area contributed by atoms with E-state index in [2.05, 4.69) is 4.98 Å². The molecule has 88 valence electrons. The van der Waals surface area contributed by atoms with Crippen LogP contribution in [0.2, 0.25) is 0 Å². The fourth-order valence-corrected chi connectivity index (χ4v) is 1.59. The Bertz CT molecular complexity index is 551. The number of aliphatic carboxylic acids is 1. The number of carboxylic acids is 1. The van der Waals surface area contributed by atoms with Crippen molar-refractivity contribution in [3.63, 3.8) is 0 Å². The first-order chi connectivity index (χ1) is 8.09. The summed E-state index contributed by atoms with van der Waals surface area (Å²) in [7, 11) is 0. The highest BCUT2D eigenvalue weighted by atomic mass is 19.1. The number of imidazole rings is 1. The first-order valence-corrected chi connectivity index (χ1v) is 5.11. The lowest BCUT2D eigenvalue weighted by atomic mass is 10.1. The molecule has 0 amide bonds. The molecule has 0 saturated carbocycles. The number of rotatable bonds is 3. The smallest absolute Gasteiger partial charge is 0.313 e. The number of benzene rings is 1. The van der Waals surface area contributed by atoms with Crippen LogP contribution >= 0.6 is 0 Å². The Kier molecular flexibility index (Phi) is 2.91. The van der Waals surface area contributed by atoms with Gasteiger partial charge in [-0.3, -0.25) is 4.79 Å². The molecule has 0 aliphatic carbocycles. The molecule has 17 heavy (non-hydrogen) atoms. The van der Waals surface area contributed by atoms with E-state index in [1.165, 1.54) is 18.3 Å². The third-order valence-corrected chi connectivity index (χ3v) is 2.51. The van der Waals surface area contributed by atoms with E-state index in [0.717, 1.165) is 0 Å². The molecule has 1 atom stereocenters. The third-order valence-electron chi connectivity index (χ3n) is 2.51. The SMILES string of the molecule is CC(C(=O)O)c1nccn1-c1cccc(F)c1. The van der Waals surface area contributed by atoms with Crippen LogP contribution in [0.1, 0.15) is 18.7 Å². The molecule has 0 radical (unpaired) electrons. The van der Waals surface area contributed by atoms with Crippen LogP contribution < -0.4 is 0 Å². The minimum Gasteiger partial charge on any atom is -0.481 e. The zero-order chi connectivity index (χ0) is 12.4. The van der Waals surface area contributed by atoms with Crippen molar-refractivity contribution in [2.45, 2.75) is 12.8 Å². The maximum Gasteiger partial charge on any atom is 0.313 e. The molecule has 0 spiro atoms. The number of hydrogen-bond acceptors (Lipinski definition) is 2. The molecule has 0 saturated heterocycles. The van der Waals surface area contributed by atoms with E-state index in [9.17, 15) is 9.18 Å². The van der Waals surface area contributed by atoms with Gasteiger partial charge in [0.15, 0.2) is 0 Å². The van der Waals surface area contributed by atoms with Crippen LogP contribution in [0.4, 0.5) is 4.39 Å². The molecule has 1 N–H and O–H groups in total. The molecule has 4 nitrogen and oxygen atoms in total. The van der Waals surface area contributed by atoms with Gasteiger partial charge in [-0.1, -0.05) is 6.07 Å². The molecule has 1 heterocycles. The Morgan fingerprint density at radius 3 is 2.94 bits per heavy atom. The summed E-state index contributed by atoms with van der Waals surface area (Å²) in [6.45, 7) is 1.54. The summed E-state index contributed by atoms with van der Waals surface area (Å²) >= 11 is 0. The number of carboxylic acid groups (broad SMARTS) is 1. The molecule has 1 aromatic carbocycles. The van der Waals surface area contributed by atoms with Crippen molar-refractivity contribution in [1.29, 1.82) is 0 Å². The molecule has 2 rings (SSSR count). The first-order valence-electron chi connectivity index (χ1n) is 5.11. The van der Waals surface area contributed by atoms with Gasteiger partial charge in [-0.05, 0) is 25.1 Å². The number of hydrogen-bond donors (Lipinski definition) is 1. The lowest BCUT2D eigenvalue weighted by Gasteiger charge is -2.10. The summed E-state index contributed by atoms with van der Waals surface area (Å²) in [5.74, 6) is -1.70. The predicted octanol–water partition coefficient (Wildman–Crippen LogP) is 2.20. The lowest BCUT2D eigenvalue weighted by Crippen LogP contribution is -2.13. The van der Waals surface area contributed by atoms with E-state index in [-0.39, 0.29) is 5.82 Å². The Hall–Kier alpha value is -2.17. The predicted molar refractivity (Wildman–Crippen MR) is 59.6 cm³/mol. The number of aromatic nitrogens is 2. The zero-order valence-corrected chi connectivity index (χ0v) is 9.17. The highest BCUT2D eigenvalue weighted by Crippen LogP contribution is 2.18. The summed E-state index contributed by atoms with van der Waals surface area (Å²) in [6, 6.07) is 5.93. The minimum absolute atomic E-state index is 0.370. The normalized spacial score (nSPS) is 12.4. The van der Waals surface area contributed by atoms with Gasteiger partial charge in [-0.25, -0.2) is 9.37 Å². The van der Waals surface area contributed by atoms with Gasteiger partial charge in [0.05, 0.1) is 0 Å². The quantitative estimate of drug-likeness (QED) is 0.885. The maximum absolute atomic E-state index is 13.1. The zero-order valence-electron chi connectivity index (χ0n) is 9.17. The molecule has 1 unspecified atom stereocenters. The number of carbonyl (C=O) groups is 1. The van der Waals surface area contributed by atoms with E-state index in [1.807, 2.05) is 0 Å². The Labute approximate surface area is 97.3 Å². The van der Waals surface area contributed by atoms with Gasteiger partial charge >= 0.3 is 5.97 Å². The van der Waals surface area contributed by atoms with Crippen molar-refractivity contribution in [3.8, 4) is 5.69 Å². The Balaban J connectivity index is 2.47. The fraction of sp³-hybridized carbons (Fsp3) is 0.167. The molecule has 0 aliphatic rings. The fourth-order valence-electron chi connectivity index (χ4n) is 1.59. The average molecular weight is 234 g/mol. The van der Waals surface area contributed by atoms with E-state index >= 15 is 0 Å². The maximum atomic E-state index is 13.1. The van der Waals surface area contributed by atoms with Crippen LogP contribution in [-0.4, -0.2) is 20.6 Å². The number of halogens is 1. The first kappa shape index (κ1) is 11.3. The largest absolute Gasteiger partial charge is 0.481 e. The van der Waals surface area contributed by atoms with E-state index in [1.54, 1.807) is 29.8 Å². The van der Waals surface area contributed by atoms with Crippen molar-refractivity contribution in [2.24, 2.45) is 0 Å². The highest BCUT2D eigenvalue weighted by molar-refractivity contribution is 5.74. The Morgan fingerprint density at radius 2 is 2.29 bits per heavy atom. The third kappa shape index (κ3) is 2.18. The second kappa shape index (κ2) is 4.37. The van der Waals surface area contributed by atoms with Gasteiger partial charge in [0.25, 0.3) is 0 Å². The van der Waals surface area contributed by atoms with Crippen molar-refractivity contribution < 1.29 is 14.3 Å². The van der Waals surface area contributed by atoms with Crippen molar-refractivity contribution in [3.05, 3.63) is 48.3 Å². The van der Waals surface area contributed by atoms with E-state index < -0.39 is 11.9 Å². The van der Waals surface area contributed by atoms with Crippen LogP contribution in [0.15, 0.2) is 36.7 Å². The van der Waals surface area contributed by atoms with Crippen LogP contribution in [-0.2, 0) is 4.79 Å². The van der Waals surface area contributed by atoms with Crippen LogP contribution in [0, 0.1) is 5.82 Å². The topological polar surface area (TPSA) is 55.1 Å². The molecular weight excluding hydrogens is 223 g/mol. The molecule has 0 bridgehead atoms. The van der Waals surface area contributed by atoms with Crippen molar-refractivity contribution in [1.82, 2.24) is 9.55 Å². The van der Waals surface area contributed by atoms with Crippen LogP contribution in [0.25, 0.3) is 5.69 Å². The summed E-state index contributed by atoms with van der Waals surface area (Å²) in [4.78, 5) is 14.9. The summed E-state index contributed by atoms with van der Waals surface area (Å²) in [6.07, 6.45) is 3.11. The standard InChI is InChI=1S/C12H11FN2O2/c1-8(12(16)17)11-14-5-6-15(11)10-4-2-3-9(13)7-10/h2-8H,1H3,(H,16,17). The van der Waals surface area contributed by atoms with Gasteiger partial charge in [0.2, 0.25) is 0 Å². The second-order valence-electron chi connectivity index (χ2n) is 3.70. The van der Waals surface area contributed by atoms with Gasteiger partial charge in [0, 0.05) is 18.1 Å². The highest BCUT2D eigenvalue weighted by Gasteiger charge is 2.19. The van der Waals surface area contributed by atoms with Gasteiger partial charge in [-0.15, -0.1) is 0 Å². The van der Waals surface area contributed by atoms with Gasteiger partial charge in [-0.2, -0.15) is 0 Å². The molecular formula is C12H11FN2O2. The summed E-state index contributed by atoms with van der Waals surface area (Å²) < 4.78 is 14.7. The van der Waals surface area contributed by atoms with Gasteiger partial charge in [0.1, 0.15) is 17.6 Å². The van der Waals surface area contributed by atoms with E-state index in [0.29, 0.717) is 11.5 Å². The average Bonchev–Trinajstić information content (AvgIpc) is 2.76. The van der Waals surface area contributed by atoms with Crippen molar-refractivity contribution >= 4 is 5.97 Å². The second-order valence-corrected chi connectivity index (χ2v) is 3.70. The molecule has 0 aliphatic heterocycles. The summed E-state index contributed by atoms with van der Waals surface area (Å²) in [5.41, 5.74) is 0.561. The van der Waals surface area contributed by atoms with Crippen LogP contribution in [0.5, 0.6) is 0 Å². The minimum atomic E-state index is -0.964. The molecule has 1 aromatic heterocycles. The Morgan fingerprint density at radius 1 is 1.53 bits per heavy atom. The van der Waals surface area contributed by atoms with Crippen LogP contribution in [0.3, 0.4) is 0 Å². The van der Waals surface area contributed by atoms with E-state index in [4.69, 9.17) is 5.11 Å². The molecule has 2 aromatic rings. The van der Waals surface area contributed by atoms with Crippen molar-refractivity contribution in [2.75, 3.05) is 0 Å². The summed E-state index contributed by atoms with van der Waals surface area (Å²) in [5, 5.41) is 8.95. The lowest BCUT2D eigenvalue weighted by molar-refractivity contribution is -0.138. The monoisotopic (exact) mass is 234 g/mol.